The fourth-order valence-corrected chi connectivity index (χ4v) is 1.64. The van der Waals surface area contributed by atoms with Crippen molar-refractivity contribution in [3.8, 4) is 5.75 Å². The molecule has 0 saturated heterocycles. The van der Waals surface area contributed by atoms with Crippen molar-refractivity contribution in [3.05, 3.63) is 21.9 Å². The van der Waals surface area contributed by atoms with Crippen molar-refractivity contribution in [2.45, 2.75) is 13.0 Å². The molecule has 0 aromatic carbocycles. The Hall–Kier alpha value is -0.750. The van der Waals surface area contributed by atoms with Gasteiger partial charge in [0, 0.05) is 0 Å². The Bertz CT molecular complexity index is 333. The lowest BCUT2D eigenvalue weighted by molar-refractivity contribution is 0.146. The van der Waals surface area contributed by atoms with E-state index >= 15 is 0 Å². The highest BCUT2D eigenvalue weighted by atomic mass is 79.9. The largest absolute Gasteiger partial charge is 0.493 e. The minimum absolute atomic E-state index is 0.00259. The van der Waals surface area contributed by atoms with Crippen LogP contribution in [0.15, 0.2) is 10.7 Å². The molecule has 0 bridgehead atoms. The van der Waals surface area contributed by atoms with Gasteiger partial charge in [0.1, 0.15) is 4.60 Å². The van der Waals surface area contributed by atoms with Gasteiger partial charge in [-0.15, -0.1) is 0 Å². The summed E-state index contributed by atoms with van der Waals surface area (Å²) in [7, 11) is 1.28. The summed E-state index contributed by atoms with van der Waals surface area (Å²) in [6.45, 7) is -0.387. The van der Waals surface area contributed by atoms with Crippen LogP contribution in [0.4, 0.5) is 8.78 Å². The third-order valence-electron chi connectivity index (χ3n) is 1.61. The fraction of sp³-hybridized carbons (Fsp3) is 0.375. The number of methoxy groups -OCH3 is 1. The van der Waals surface area contributed by atoms with E-state index in [-0.39, 0.29) is 28.2 Å². The molecule has 0 aliphatic heterocycles. The SMILES string of the molecule is COc1c(C(F)F)cc(CO)nc1Br. The summed E-state index contributed by atoms with van der Waals surface area (Å²) < 4.78 is 29.9. The molecule has 0 amide bonds. The van der Waals surface area contributed by atoms with E-state index in [0.717, 1.165) is 6.07 Å². The molecule has 0 aliphatic carbocycles. The summed E-state index contributed by atoms with van der Waals surface area (Å²) in [4.78, 5) is 3.81. The molecule has 0 atom stereocenters. The number of hydrogen-bond acceptors (Lipinski definition) is 3. The Morgan fingerprint density at radius 1 is 1.64 bits per heavy atom. The van der Waals surface area contributed by atoms with Gasteiger partial charge in [-0.2, -0.15) is 0 Å². The van der Waals surface area contributed by atoms with Crippen molar-refractivity contribution in [3.63, 3.8) is 0 Å². The number of aliphatic hydroxyl groups is 1. The topological polar surface area (TPSA) is 42.4 Å². The molecule has 3 nitrogen and oxygen atoms in total. The predicted octanol–water partition coefficient (Wildman–Crippen LogP) is 2.28. The van der Waals surface area contributed by atoms with Crippen LogP contribution in [0.3, 0.4) is 0 Å². The molecule has 0 fully saturated rings. The van der Waals surface area contributed by atoms with Crippen LogP contribution in [0.1, 0.15) is 17.7 Å². The van der Waals surface area contributed by atoms with Gasteiger partial charge >= 0.3 is 0 Å². The molecule has 1 aromatic rings. The monoisotopic (exact) mass is 267 g/mol. The quantitative estimate of drug-likeness (QED) is 0.855. The molecular weight excluding hydrogens is 260 g/mol. The van der Waals surface area contributed by atoms with Crippen LogP contribution in [0.25, 0.3) is 0 Å². The summed E-state index contributed by atoms with van der Waals surface area (Å²) >= 11 is 2.99. The molecule has 0 saturated carbocycles. The second-order valence-electron chi connectivity index (χ2n) is 2.49. The normalized spacial score (nSPS) is 10.7. The van der Waals surface area contributed by atoms with Crippen LogP contribution in [0, 0.1) is 0 Å². The number of halogens is 3. The summed E-state index contributed by atoms with van der Waals surface area (Å²) in [5.74, 6) is -0.00259. The van der Waals surface area contributed by atoms with Crippen LogP contribution in [0.5, 0.6) is 5.75 Å². The van der Waals surface area contributed by atoms with E-state index in [4.69, 9.17) is 9.84 Å². The zero-order valence-electron chi connectivity index (χ0n) is 7.30. The molecule has 1 N–H and O–H groups in total. The summed E-state index contributed by atoms with van der Waals surface area (Å²) in [5, 5.41) is 8.76. The lowest BCUT2D eigenvalue weighted by Crippen LogP contribution is -1.99. The minimum atomic E-state index is -2.66. The molecule has 1 aromatic heterocycles. The van der Waals surface area contributed by atoms with Gasteiger partial charge in [0.15, 0.2) is 5.75 Å². The zero-order valence-corrected chi connectivity index (χ0v) is 8.88. The first-order chi connectivity index (χ1) is 6.60. The highest BCUT2D eigenvalue weighted by Crippen LogP contribution is 2.34. The average molecular weight is 268 g/mol. The molecule has 0 spiro atoms. The van der Waals surface area contributed by atoms with Gasteiger partial charge in [0.05, 0.1) is 25.0 Å². The Morgan fingerprint density at radius 3 is 2.71 bits per heavy atom. The molecule has 1 rings (SSSR count). The number of ether oxygens (including phenoxy) is 1. The first-order valence-electron chi connectivity index (χ1n) is 3.72. The summed E-state index contributed by atoms with van der Waals surface area (Å²) in [6.07, 6.45) is -2.66. The number of alkyl halides is 2. The maximum absolute atomic E-state index is 12.5. The third-order valence-corrected chi connectivity index (χ3v) is 2.15. The highest BCUT2D eigenvalue weighted by molar-refractivity contribution is 9.10. The molecular formula is C8H8BrF2NO2. The first-order valence-corrected chi connectivity index (χ1v) is 4.51. The molecule has 6 heteroatoms. The number of hydrogen-bond donors (Lipinski definition) is 1. The summed E-state index contributed by atoms with van der Waals surface area (Å²) in [6, 6.07) is 1.12. The second-order valence-corrected chi connectivity index (χ2v) is 3.24. The van der Waals surface area contributed by atoms with Crippen molar-refractivity contribution >= 4 is 15.9 Å². The van der Waals surface area contributed by atoms with Crippen LogP contribution >= 0.6 is 15.9 Å². The minimum Gasteiger partial charge on any atom is -0.493 e. The number of pyridine rings is 1. The van der Waals surface area contributed by atoms with Crippen molar-refractivity contribution in [2.24, 2.45) is 0 Å². The number of nitrogens with zero attached hydrogens (tertiary/aromatic N) is 1. The number of rotatable bonds is 3. The van der Waals surface area contributed by atoms with Gasteiger partial charge < -0.3 is 9.84 Å². The Labute approximate surface area is 87.9 Å². The van der Waals surface area contributed by atoms with Crippen LogP contribution in [-0.4, -0.2) is 17.2 Å². The van der Waals surface area contributed by atoms with Gasteiger partial charge in [-0.05, 0) is 22.0 Å². The zero-order chi connectivity index (χ0) is 10.7. The molecule has 14 heavy (non-hydrogen) atoms. The van der Waals surface area contributed by atoms with Gasteiger partial charge in [-0.1, -0.05) is 0 Å². The van der Waals surface area contributed by atoms with Gasteiger partial charge in [-0.3, -0.25) is 0 Å². The number of aromatic nitrogens is 1. The average Bonchev–Trinajstić information content (AvgIpc) is 2.16. The van der Waals surface area contributed by atoms with Crippen LogP contribution in [0.2, 0.25) is 0 Å². The van der Waals surface area contributed by atoms with Gasteiger partial charge in [0.2, 0.25) is 0 Å². The Kier molecular flexibility index (Phi) is 3.77. The molecule has 78 valence electrons. The van der Waals surface area contributed by atoms with E-state index in [2.05, 4.69) is 20.9 Å². The van der Waals surface area contributed by atoms with Gasteiger partial charge in [0.25, 0.3) is 6.43 Å². The highest BCUT2D eigenvalue weighted by Gasteiger charge is 2.18. The van der Waals surface area contributed by atoms with Crippen molar-refractivity contribution < 1.29 is 18.6 Å². The van der Waals surface area contributed by atoms with E-state index < -0.39 is 6.43 Å². The Balaban J connectivity index is 3.28. The van der Waals surface area contributed by atoms with E-state index in [1.807, 2.05) is 0 Å². The predicted molar refractivity (Wildman–Crippen MR) is 49.4 cm³/mol. The molecule has 1 heterocycles. The van der Waals surface area contributed by atoms with E-state index in [0.29, 0.717) is 0 Å². The third kappa shape index (κ3) is 2.19. The first kappa shape index (κ1) is 11.3. The smallest absolute Gasteiger partial charge is 0.267 e. The molecule has 0 unspecified atom stereocenters. The lowest BCUT2D eigenvalue weighted by atomic mass is 10.2. The van der Waals surface area contributed by atoms with E-state index in [1.54, 1.807) is 0 Å². The second kappa shape index (κ2) is 4.65. The van der Waals surface area contributed by atoms with Gasteiger partial charge in [-0.25, -0.2) is 13.8 Å². The number of aliphatic hydroxyl groups excluding tert-OH is 1. The fourth-order valence-electron chi connectivity index (χ4n) is 1.02. The lowest BCUT2D eigenvalue weighted by Gasteiger charge is -2.10. The van der Waals surface area contributed by atoms with Crippen LogP contribution < -0.4 is 4.74 Å². The maximum atomic E-state index is 12.5. The Morgan fingerprint density at radius 2 is 2.29 bits per heavy atom. The van der Waals surface area contributed by atoms with Crippen LogP contribution in [-0.2, 0) is 6.61 Å². The summed E-state index contributed by atoms with van der Waals surface area (Å²) in [5.41, 5.74) is -0.105. The maximum Gasteiger partial charge on any atom is 0.267 e. The van der Waals surface area contributed by atoms with Crippen molar-refractivity contribution in [1.29, 1.82) is 0 Å². The molecule has 0 radical (unpaired) electrons. The van der Waals surface area contributed by atoms with E-state index in [1.165, 1.54) is 7.11 Å². The van der Waals surface area contributed by atoms with Crippen molar-refractivity contribution in [2.75, 3.05) is 7.11 Å². The van der Waals surface area contributed by atoms with Crippen molar-refractivity contribution in [1.82, 2.24) is 4.98 Å². The van der Waals surface area contributed by atoms with E-state index in [9.17, 15) is 8.78 Å². The standard InChI is InChI=1S/C8H8BrF2NO2/c1-14-6-5(8(10)11)2-4(3-13)12-7(6)9/h2,8,13H,3H2,1H3. The molecule has 0 aliphatic rings.